The zero-order valence-corrected chi connectivity index (χ0v) is 10.0. The van der Waals surface area contributed by atoms with Crippen LogP contribution in [0.2, 0.25) is 0 Å². The van der Waals surface area contributed by atoms with Crippen molar-refractivity contribution >= 4 is 0 Å². The summed E-state index contributed by atoms with van der Waals surface area (Å²) in [6.45, 7) is 1.05. The van der Waals surface area contributed by atoms with Gasteiger partial charge >= 0.3 is 0 Å². The number of piperazine rings is 1. The number of nitrogens with one attached hydrogen (secondary N) is 1. The van der Waals surface area contributed by atoms with Crippen LogP contribution in [0.1, 0.15) is 31.4 Å². The summed E-state index contributed by atoms with van der Waals surface area (Å²) in [5.41, 5.74) is 1.23. The molecule has 0 spiro atoms. The van der Waals surface area contributed by atoms with Crippen molar-refractivity contribution in [3.63, 3.8) is 0 Å². The van der Waals surface area contributed by atoms with Gasteiger partial charge in [-0.3, -0.25) is 9.88 Å². The Bertz CT molecular complexity index is 387. The smallest absolute Gasteiger partial charge is 0.0544 e. The molecule has 3 aliphatic heterocycles. The molecule has 0 saturated carbocycles. The Morgan fingerprint density at radius 2 is 1.88 bits per heavy atom. The van der Waals surface area contributed by atoms with E-state index in [0.717, 1.165) is 30.7 Å². The molecule has 90 valence electrons. The van der Waals surface area contributed by atoms with Gasteiger partial charge in [-0.15, -0.1) is 0 Å². The molecule has 17 heavy (non-hydrogen) atoms. The van der Waals surface area contributed by atoms with Crippen LogP contribution in [0.15, 0.2) is 24.4 Å². The van der Waals surface area contributed by atoms with Crippen LogP contribution in [0.5, 0.6) is 0 Å². The van der Waals surface area contributed by atoms with Crippen LogP contribution >= 0.6 is 0 Å². The number of hydrogen-bond donors (Lipinski definition) is 1. The summed E-state index contributed by atoms with van der Waals surface area (Å²) in [5.74, 6) is 0. The average molecular weight is 229 g/mol. The molecule has 4 heterocycles. The molecular formula is C14H19N3. The lowest BCUT2D eigenvalue weighted by Gasteiger charge is -2.40. The van der Waals surface area contributed by atoms with E-state index >= 15 is 0 Å². The Kier molecular flexibility index (Phi) is 2.24. The average Bonchev–Trinajstić information content (AvgIpc) is 2.87. The largest absolute Gasteiger partial charge is 0.308 e. The topological polar surface area (TPSA) is 28.2 Å². The summed E-state index contributed by atoms with van der Waals surface area (Å²) < 4.78 is 0. The van der Waals surface area contributed by atoms with Gasteiger partial charge in [0.2, 0.25) is 0 Å². The highest BCUT2D eigenvalue weighted by atomic mass is 15.3. The van der Waals surface area contributed by atoms with E-state index in [1.54, 1.807) is 0 Å². The second-order valence-electron chi connectivity index (χ2n) is 5.66. The Morgan fingerprint density at radius 1 is 1.12 bits per heavy atom. The lowest BCUT2D eigenvalue weighted by atomic mass is 10.0. The van der Waals surface area contributed by atoms with Gasteiger partial charge in [-0.2, -0.15) is 0 Å². The van der Waals surface area contributed by atoms with Gasteiger partial charge in [-0.25, -0.2) is 0 Å². The van der Waals surface area contributed by atoms with Crippen molar-refractivity contribution < 1.29 is 0 Å². The molecule has 0 radical (unpaired) electrons. The molecule has 1 aromatic rings. The number of fused-ring (bicyclic) bond motifs is 6. The molecule has 3 aliphatic rings. The first-order valence-electron chi connectivity index (χ1n) is 6.83. The van der Waals surface area contributed by atoms with Crippen LogP contribution < -0.4 is 5.32 Å². The van der Waals surface area contributed by atoms with Crippen LogP contribution in [0, 0.1) is 0 Å². The van der Waals surface area contributed by atoms with Gasteiger partial charge in [-0.05, 0) is 37.8 Å². The quantitative estimate of drug-likeness (QED) is 0.834. The predicted molar refractivity (Wildman–Crippen MR) is 66.5 cm³/mol. The summed E-state index contributed by atoms with van der Waals surface area (Å²) in [7, 11) is 0. The number of pyridine rings is 1. The second kappa shape index (κ2) is 3.79. The van der Waals surface area contributed by atoms with E-state index in [1.165, 1.54) is 31.4 Å². The summed E-state index contributed by atoms with van der Waals surface area (Å²) in [6.07, 6.45) is 7.43. The molecule has 4 atom stereocenters. The van der Waals surface area contributed by atoms with Crippen LogP contribution in [0.3, 0.4) is 0 Å². The van der Waals surface area contributed by atoms with Crippen molar-refractivity contribution in [3.8, 4) is 0 Å². The van der Waals surface area contributed by atoms with E-state index < -0.39 is 0 Å². The number of hydrogen-bond acceptors (Lipinski definition) is 3. The lowest BCUT2D eigenvalue weighted by molar-refractivity contribution is 0.103. The highest BCUT2D eigenvalue weighted by molar-refractivity contribution is 5.12. The maximum absolute atomic E-state index is 4.48. The van der Waals surface area contributed by atoms with Crippen molar-refractivity contribution in [2.45, 2.75) is 56.4 Å². The molecule has 4 bridgehead atoms. The van der Waals surface area contributed by atoms with E-state index in [1.807, 2.05) is 12.3 Å². The highest BCUT2D eigenvalue weighted by Gasteiger charge is 2.50. The first-order valence-corrected chi connectivity index (χ1v) is 6.83. The lowest BCUT2D eigenvalue weighted by Crippen LogP contribution is -2.57. The molecule has 1 N–H and O–H groups in total. The fraction of sp³-hybridized carbons (Fsp3) is 0.643. The fourth-order valence-electron chi connectivity index (χ4n) is 4.10. The minimum absolute atomic E-state index is 0.752. The van der Waals surface area contributed by atoms with Crippen molar-refractivity contribution in [1.82, 2.24) is 15.2 Å². The molecule has 3 fully saturated rings. The molecule has 3 heteroatoms. The Balaban J connectivity index is 1.59. The molecule has 3 saturated heterocycles. The maximum Gasteiger partial charge on any atom is 0.0544 e. The number of nitrogens with zero attached hydrogens (tertiary/aromatic N) is 2. The molecule has 1 aromatic heterocycles. The third-order valence-electron chi connectivity index (χ3n) is 4.83. The number of aromatic nitrogens is 1. The van der Waals surface area contributed by atoms with Crippen molar-refractivity contribution in [2.75, 3.05) is 0 Å². The Hall–Kier alpha value is -0.930. The van der Waals surface area contributed by atoms with Gasteiger partial charge in [0.1, 0.15) is 0 Å². The van der Waals surface area contributed by atoms with Gasteiger partial charge in [0.05, 0.1) is 5.69 Å². The normalized spacial score (nSPS) is 39.8. The molecular weight excluding hydrogens is 210 g/mol. The molecule has 0 amide bonds. The molecule has 4 rings (SSSR count). The van der Waals surface area contributed by atoms with Crippen LogP contribution in [-0.2, 0) is 6.54 Å². The Morgan fingerprint density at radius 3 is 2.53 bits per heavy atom. The van der Waals surface area contributed by atoms with E-state index in [0.29, 0.717) is 0 Å². The van der Waals surface area contributed by atoms with Crippen molar-refractivity contribution in [3.05, 3.63) is 30.1 Å². The van der Waals surface area contributed by atoms with Crippen molar-refractivity contribution in [1.29, 1.82) is 0 Å². The van der Waals surface area contributed by atoms with Gasteiger partial charge in [-0.1, -0.05) is 6.07 Å². The second-order valence-corrected chi connectivity index (χ2v) is 5.66. The third-order valence-corrected chi connectivity index (χ3v) is 4.83. The molecule has 0 unspecified atom stereocenters. The summed E-state index contributed by atoms with van der Waals surface area (Å²) in [4.78, 5) is 7.20. The Labute approximate surface area is 102 Å². The molecule has 0 aliphatic carbocycles. The van der Waals surface area contributed by atoms with Gasteiger partial charge in [0.15, 0.2) is 0 Å². The van der Waals surface area contributed by atoms with E-state index in [2.05, 4.69) is 27.3 Å². The minimum Gasteiger partial charge on any atom is -0.308 e. The first-order chi connectivity index (χ1) is 8.42. The summed E-state index contributed by atoms with van der Waals surface area (Å²) in [5, 5.41) is 3.81. The molecule has 3 nitrogen and oxygen atoms in total. The first kappa shape index (κ1) is 10.0. The maximum atomic E-state index is 4.48. The fourth-order valence-corrected chi connectivity index (χ4v) is 4.10. The van der Waals surface area contributed by atoms with Gasteiger partial charge < -0.3 is 5.32 Å². The monoisotopic (exact) mass is 229 g/mol. The third kappa shape index (κ3) is 1.53. The van der Waals surface area contributed by atoms with E-state index in [-0.39, 0.29) is 0 Å². The summed E-state index contributed by atoms with van der Waals surface area (Å²) in [6, 6.07) is 9.29. The van der Waals surface area contributed by atoms with Crippen LogP contribution in [0.4, 0.5) is 0 Å². The predicted octanol–water partition coefficient (Wildman–Crippen LogP) is 1.55. The van der Waals surface area contributed by atoms with Gasteiger partial charge in [0, 0.05) is 36.9 Å². The van der Waals surface area contributed by atoms with E-state index in [9.17, 15) is 0 Å². The zero-order valence-electron chi connectivity index (χ0n) is 10.0. The molecule has 0 aromatic carbocycles. The van der Waals surface area contributed by atoms with E-state index in [4.69, 9.17) is 0 Å². The minimum atomic E-state index is 0.752. The highest BCUT2D eigenvalue weighted by Crippen LogP contribution is 2.40. The standard InChI is InChI=1S/C14H19N3/c1-2-8-15-10(3-1)9-17-13-6-7-14(17)12-5-4-11(13)16-12/h1-3,8,11-14,16H,4-7,9H2/t11-,12+,13-,14+. The van der Waals surface area contributed by atoms with Crippen LogP contribution in [0.25, 0.3) is 0 Å². The summed E-state index contributed by atoms with van der Waals surface area (Å²) >= 11 is 0. The SMILES string of the molecule is c1ccc(CN2[C@@H]3CC[C@H]2[C@@H]2CC[C@H]3N2)nc1. The number of rotatable bonds is 2. The van der Waals surface area contributed by atoms with Gasteiger partial charge in [0.25, 0.3) is 0 Å². The van der Waals surface area contributed by atoms with Crippen LogP contribution in [-0.4, -0.2) is 34.1 Å². The zero-order chi connectivity index (χ0) is 11.2. The van der Waals surface area contributed by atoms with Crippen molar-refractivity contribution in [2.24, 2.45) is 0 Å².